The Morgan fingerprint density at radius 1 is 0.676 bits per heavy atom. The Kier molecular flexibility index (Phi) is 21.6. The predicted molar refractivity (Wildman–Crippen MR) is 151 cm³/mol. The maximum atomic E-state index is 7.50. The molecule has 0 bridgehead atoms. The largest absolute Gasteiger partial charge is 2.00 e. The minimum Gasteiger partial charge on any atom is 2.00 e. The van der Waals surface area contributed by atoms with Crippen molar-refractivity contribution in [3.05, 3.63) is 67.9 Å². The second kappa shape index (κ2) is 17.7. The Labute approximate surface area is 233 Å². The number of hydrogen-bond acceptors (Lipinski definition) is 1. The van der Waals surface area contributed by atoms with Crippen molar-refractivity contribution in [1.29, 1.82) is 0 Å². The van der Waals surface area contributed by atoms with Gasteiger partial charge in [0.1, 0.15) is 0 Å². The summed E-state index contributed by atoms with van der Waals surface area (Å²) in [6.45, 7) is 46.5. The average molecular weight is 704 g/mol. The van der Waals surface area contributed by atoms with Crippen LogP contribution in [-0.2, 0) is 34.8 Å². The van der Waals surface area contributed by atoms with E-state index < -0.39 is 24.2 Å². The Morgan fingerprint density at radius 2 is 0.912 bits per heavy atom. The fourth-order valence-corrected chi connectivity index (χ4v) is 37.0. The van der Waals surface area contributed by atoms with E-state index in [1.165, 1.54) is 29.6 Å². The summed E-state index contributed by atoms with van der Waals surface area (Å²) in [6, 6.07) is 0. The second-order valence-corrected chi connectivity index (χ2v) is 31.3. The first-order chi connectivity index (χ1) is 14.9. The van der Waals surface area contributed by atoms with Crippen LogP contribution in [0.5, 0.6) is 0 Å². The normalized spacial score (nSPS) is 16.8. The van der Waals surface area contributed by atoms with Crippen molar-refractivity contribution in [3.63, 3.8) is 0 Å². The van der Waals surface area contributed by atoms with Crippen LogP contribution in [0.2, 0.25) is 62.8 Å². The molecule has 1 fully saturated rings. The standard InChI is InChI=1S/C14H32OSi4.C10H15.2CO.W/c1-11-12-13-15-16-14(17(2,3)4,18(5,6)7)19(8,9)10;1-6-7(2)9(4)10(5)8(6)3;2*1-2;/h11-13H,1H2,2-10H3;1-5H3;;;/q-1;;;;+2/b13-12+;;;;. The molecule has 1 rings (SSSR count). The van der Waals surface area contributed by atoms with Crippen LogP contribution in [0, 0.1) is 42.9 Å². The van der Waals surface area contributed by atoms with Crippen molar-refractivity contribution < 1.29 is 34.8 Å². The second-order valence-electron chi connectivity index (χ2n) is 11.4. The van der Waals surface area contributed by atoms with Gasteiger partial charge in [-0.2, -0.15) is 13.7 Å². The van der Waals surface area contributed by atoms with Crippen LogP contribution in [0.4, 0.5) is 0 Å². The molecule has 0 heterocycles. The quantitative estimate of drug-likeness (QED) is 0.0872. The first-order valence-electron chi connectivity index (χ1n) is 11.2. The van der Waals surface area contributed by atoms with Gasteiger partial charge in [0.05, 0.1) is 0 Å². The van der Waals surface area contributed by atoms with Crippen LogP contribution in [0.3, 0.4) is 0 Å². The molecule has 0 aliphatic heterocycles. The van der Waals surface area contributed by atoms with Crippen LogP contribution in [0.1, 0.15) is 34.6 Å². The van der Waals surface area contributed by atoms with Gasteiger partial charge in [-0.3, -0.25) is 0 Å². The first-order valence-corrected chi connectivity index (χ1v) is 22.6. The zero-order valence-corrected chi connectivity index (χ0v) is 31.0. The molecule has 1 aliphatic carbocycles. The van der Waals surface area contributed by atoms with Gasteiger partial charge in [-0.1, -0.05) is 106 Å². The summed E-state index contributed by atoms with van der Waals surface area (Å²) in [6.07, 6.45) is 5.51. The van der Waals surface area contributed by atoms with Crippen molar-refractivity contribution in [2.75, 3.05) is 0 Å². The summed E-state index contributed by atoms with van der Waals surface area (Å²) in [5, 5.41) is 0. The minimum absolute atomic E-state index is 0. The van der Waals surface area contributed by atoms with Crippen molar-refractivity contribution in [2.45, 2.75) is 97.4 Å². The topological polar surface area (TPSA) is 49.0 Å². The predicted octanol–water partition coefficient (Wildman–Crippen LogP) is 8.01. The van der Waals surface area contributed by atoms with E-state index in [2.05, 4.69) is 113 Å². The molecule has 190 valence electrons. The fraction of sp³-hybridized carbons (Fsp3) is 0.577. The third-order valence-corrected chi connectivity index (χ3v) is 35.2. The van der Waals surface area contributed by atoms with Crippen LogP contribution in [-0.4, -0.2) is 34.0 Å². The molecule has 0 aromatic rings. The van der Waals surface area contributed by atoms with Crippen LogP contribution in [0.15, 0.2) is 25.0 Å². The molecule has 0 spiro atoms. The van der Waals surface area contributed by atoms with Crippen LogP contribution in [0.25, 0.3) is 0 Å². The van der Waals surface area contributed by atoms with Gasteiger partial charge in [0.15, 0.2) is 0 Å². The molecule has 34 heavy (non-hydrogen) atoms. The van der Waals surface area contributed by atoms with Crippen LogP contribution >= 0.6 is 0 Å². The molecule has 0 unspecified atom stereocenters. The van der Waals surface area contributed by atoms with E-state index in [4.69, 9.17) is 13.7 Å². The summed E-state index contributed by atoms with van der Waals surface area (Å²) >= 11 is 0. The molecule has 0 aromatic heterocycles. The number of hydrogen-bond donors (Lipinski definition) is 0. The van der Waals surface area contributed by atoms with E-state index in [1.807, 2.05) is 12.3 Å². The van der Waals surface area contributed by atoms with Crippen LogP contribution < -0.4 is 0 Å². The maximum absolute atomic E-state index is 7.50. The summed E-state index contributed by atoms with van der Waals surface area (Å²) in [5.74, 6) is 7.34. The van der Waals surface area contributed by atoms with Gasteiger partial charge in [-0.15, -0.1) is 0 Å². The molecule has 0 aromatic carbocycles. The molecule has 0 saturated heterocycles. The van der Waals surface area contributed by atoms with Gasteiger partial charge in [-0.25, -0.2) is 0 Å². The Bertz CT molecular complexity index is 541. The van der Waals surface area contributed by atoms with Gasteiger partial charge >= 0.3 is 43.7 Å². The van der Waals surface area contributed by atoms with Crippen molar-refractivity contribution in [2.24, 2.45) is 0 Å². The van der Waals surface area contributed by atoms with Crippen molar-refractivity contribution >= 4 is 34.0 Å². The van der Waals surface area contributed by atoms with E-state index in [9.17, 15) is 0 Å². The van der Waals surface area contributed by atoms with Gasteiger partial charge in [0.2, 0.25) is 0 Å². The SMILES string of the molecule is C=C/C=C/O[Si-]C([Si](C)(C)C)([Si](C)(C)C)[Si](C)(C)C.C[C]1[C](C)[C](C)[C](C)[C]1C.[C-]#[O+].[C-]#[O+].[W+2]. The van der Waals surface area contributed by atoms with Gasteiger partial charge < -0.3 is 4.43 Å². The number of rotatable bonds is 7. The molecule has 3 nitrogen and oxygen atoms in total. The van der Waals surface area contributed by atoms with E-state index in [1.54, 1.807) is 6.08 Å². The third-order valence-electron chi connectivity index (χ3n) is 6.68. The average Bonchev–Trinajstić information content (AvgIpc) is 2.86. The summed E-state index contributed by atoms with van der Waals surface area (Å²) in [4.78, 5) is 0. The Balaban J connectivity index is -0.000000252. The summed E-state index contributed by atoms with van der Waals surface area (Å²) in [5.41, 5.74) is 0. The van der Waals surface area contributed by atoms with Gasteiger partial charge in [0, 0.05) is 30.5 Å². The molecular weight excluding hydrogens is 656 g/mol. The van der Waals surface area contributed by atoms with E-state index in [0.717, 1.165) is 0 Å². The minimum atomic E-state index is -1.32. The monoisotopic (exact) mass is 703 g/mol. The van der Waals surface area contributed by atoms with Gasteiger partial charge in [0.25, 0.3) is 0 Å². The van der Waals surface area contributed by atoms with E-state index >= 15 is 0 Å². The summed E-state index contributed by atoms with van der Waals surface area (Å²) < 4.78 is 21.5. The van der Waals surface area contributed by atoms with Crippen molar-refractivity contribution in [3.8, 4) is 0 Å². The molecule has 6 radical (unpaired) electrons. The van der Waals surface area contributed by atoms with E-state index in [-0.39, 0.29) is 21.1 Å². The van der Waals surface area contributed by atoms with E-state index in [0.29, 0.717) is 13.7 Å². The van der Waals surface area contributed by atoms with Gasteiger partial charge in [-0.05, 0) is 35.7 Å². The zero-order chi connectivity index (χ0) is 27.4. The Morgan fingerprint density at radius 3 is 1.09 bits per heavy atom. The molecule has 8 heteroatoms. The first kappa shape index (κ1) is 41.4. The maximum Gasteiger partial charge on any atom is 2.00 e. The summed E-state index contributed by atoms with van der Waals surface area (Å²) in [7, 11) is -3.34. The molecule has 0 N–H and O–H groups in total. The van der Waals surface area contributed by atoms with Crippen molar-refractivity contribution in [1.82, 2.24) is 0 Å². The molecule has 1 aliphatic rings. The Hall–Kier alpha value is 0.316. The smallest absolute Gasteiger partial charge is 2.00 e. The third kappa shape index (κ3) is 10.7. The molecule has 0 atom stereocenters. The number of allylic oxidation sites excluding steroid dienone is 2. The fourth-order valence-electron chi connectivity index (χ4n) is 5.46. The molecule has 1 saturated carbocycles. The molecule has 0 amide bonds. The molecular formula is C26H47O3Si4W+. The zero-order valence-electron chi connectivity index (χ0n) is 24.1.